The number of aryl methyl sites for hydroxylation is 2. The van der Waals surface area contributed by atoms with Crippen LogP contribution in [-0.4, -0.2) is 4.57 Å². The number of furan rings is 1. The lowest BCUT2D eigenvalue weighted by Gasteiger charge is -2.10. The van der Waals surface area contributed by atoms with Crippen molar-refractivity contribution >= 4 is 33.4 Å². The number of aromatic nitrogens is 1. The van der Waals surface area contributed by atoms with Crippen molar-refractivity contribution in [2.24, 2.45) is 0 Å². The molecule has 5 heteroatoms. The van der Waals surface area contributed by atoms with Crippen LogP contribution >= 0.6 is 0 Å². The van der Waals surface area contributed by atoms with E-state index in [1.54, 1.807) is 16.7 Å². The lowest BCUT2D eigenvalue weighted by Crippen LogP contribution is -2.19. The Morgan fingerprint density at radius 2 is 1.77 bits per heavy atom. The summed E-state index contributed by atoms with van der Waals surface area (Å²) < 4.78 is 22.2. The fourth-order valence-electron chi connectivity index (χ4n) is 4.13. The molecule has 1 N–H and O–H groups in total. The Hall–Kier alpha value is -3.86. The van der Waals surface area contributed by atoms with Crippen LogP contribution in [-0.2, 0) is 6.54 Å². The summed E-state index contributed by atoms with van der Waals surface area (Å²) >= 11 is 0. The smallest absolute Gasteiger partial charge is 0.262 e. The highest BCUT2D eigenvalue weighted by molar-refractivity contribution is 6.11. The number of anilines is 2. The van der Waals surface area contributed by atoms with E-state index in [9.17, 15) is 9.18 Å². The summed E-state index contributed by atoms with van der Waals surface area (Å²) in [5, 5.41) is 4.63. The van der Waals surface area contributed by atoms with Gasteiger partial charge >= 0.3 is 0 Å². The second-order valence-electron chi connectivity index (χ2n) is 7.53. The molecule has 3 aromatic carbocycles. The van der Waals surface area contributed by atoms with Crippen LogP contribution in [0.25, 0.3) is 33.0 Å². The SMILES string of the molecule is CCn1c(=O)c2c(-c3cccc(F)c3)c(Nc3ccccc3C)oc2c2ccccc21. The molecule has 0 bridgehead atoms. The molecule has 0 atom stereocenters. The van der Waals surface area contributed by atoms with Crippen LogP contribution in [0.1, 0.15) is 12.5 Å². The normalized spacial score (nSPS) is 11.3. The summed E-state index contributed by atoms with van der Waals surface area (Å²) in [4.78, 5) is 13.6. The van der Waals surface area contributed by atoms with Gasteiger partial charge in [0.05, 0.1) is 16.5 Å². The van der Waals surface area contributed by atoms with E-state index in [1.807, 2.05) is 62.4 Å². The van der Waals surface area contributed by atoms with Crippen molar-refractivity contribution < 1.29 is 8.81 Å². The molecule has 5 rings (SSSR count). The molecule has 0 radical (unpaired) electrons. The van der Waals surface area contributed by atoms with Crippen molar-refractivity contribution in [3.8, 4) is 11.1 Å². The third kappa shape index (κ3) is 3.10. The highest BCUT2D eigenvalue weighted by Gasteiger charge is 2.23. The zero-order valence-corrected chi connectivity index (χ0v) is 17.3. The van der Waals surface area contributed by atoms with Crippen molar-refractivity contribution in [3.05, 3.63) is 94.5 Å². The van der Waals surface area contributed by atoms with Gasteiger partial charge in [-0.3, -0.25) is 4.79 Å². The van der Waals surface area contributed by atoms with Crippen LogP contribution in [0.15, 0.2) is 82.0 Å². The maximum absolute atomic E-state index is 14.1. The van der Waals surface area contributed by atoms with E-state index in [1.165, 1.54) is 12.1 Å². The Bertz CT molecular complexity index is 1500. The molecule has 4 nitrogen and oxygen atoms in total. The van der Waals surface area contributed by atoms with Gasteiger partial charge in [0.15, 0.2) is 5.58 Å². The van der Waals surface area contributed by atoms with Gasteiger partial charge in [0.2, 0.25) is 5.88 Å². The van der Waals surface area contributed by atoms with Crippen LogP contribution < -0.4 is 10.9 Å². The van der Waals surface area contributed by atoms with Gasteiger partial charge in [-0.05, 0) is 55.3 Å². The summed E-state index contributed by atoms with van der Waals surface area (Å²) in [7, 11) is 0. The monoisotopic (exact) mass is 412 g/mol. The van der Waals surface area contributed by atoms with E-state index in [2.05, 4.69) is 5.32 Å². The molecule has 0 aliphatic carbocycles. The molecule has 31 heavy (non-hydrogen) atoms. The van der Waals surface area contributed by atoms with Gasteiger partial charge in [0.1, 0.15) is 5.82 Å². The minimum absolute atomic E-state index is 0.156. The fourth-order valence-corrected chi connectivity index (χ4v) is 4.13. The summed E-state index contributed by atoms with van der Waals surface area (Å²) in [5.41, 5.74) is 4.20. The summed E-state index contributed by atoms with van der Waals surface area (Å²) in [6.07, 6.45) is 0. The predicted molar refractivity (Wildman–Crippen MR) is 124 cm³/mol. The van der Waals surface area contributed by atoms with Gasteiger partial charge in [-0.25, -0.2) is 4.39 Å². The quantitative estimate of drug-likeness (QED) is 0.361. The highest BCUT2D eigenvalue weighted by atomic mass is 19.1. The molecule has 2 heterocycles. The number of hydrogen-bond donors (Lipinski definition) is 1. The van der Waals surface area contributed by atoms with Gasteiger partial charge in [-0.15, -0.1) is 0 Å². The number of hydrogen-bond acceptors (Lipinski definition) is 3. The first-order chi connectivity index (χ1) is 15.1. The van der Waals surface area contributed by atoms with E-state index < -0.39 is 0 Å². The minimum Gasteiger partial charge on any atom is -0.439 e. The number of halogens is 1. The Morgan fingerprint density at radius 1 is 1.00 bits per heavy atom. The lowest BCUT2D eigenvalue weighted by molar-refractivity contribution is 0.628. The van der Waals surface area contributed by atoms with Gasteiger partial charge in [0, 0.05) is 17.6 Å². The highest BCUT2D eigenvalue weighted by Crippen LogP contribution is 2.41. The molecule has 0 aliphatic heterocycles. The average Bonchev–Trinajstić information content (AvgIpc) is 3.15. The lowest BCUT2D eigenvalue weighted by atomic mass is 10.0. The third-order valence-electron chi connectivity index (χ3n) is 5.63. The number of rotatable bonds is 4. The van der Waals surface area contributed by atoms with Gasteiger partial charge < -0.3 is 14.3 Å². The Morgan fingerprint density at radius 3 is 2.55 bits per heavy atom. The topological polar surface area (TPSA) is 47.2 Å². The number of para-hydroxylation sites is 2. The van der Waals surface area contributed by atoms with Gasteiger partial charge in [0.25, 0.3) is 5.56 Å². The maximum atomic E-state index is 14.1. The second kappa shape index (κ2) is 7.43. The van der Waals surface area contributed by atoms with Crippen LogP contribution in [0.2, 0.25) is 0 Å². The number of nitrogens with zero attached hydrogens (tertiary/aromatic N) is 1. The molecule has 5 aromatic rings. The second-order valence-corrected chi connectivity index (χ2v) is 7.53. The zero-order chi connectivity index (χ0) is 21.5. The summed E-state index contributed by atoms with van der Waals surface area (Å²) in [6.45, 7) is 4.45. The van der Waals surface area contributed by atoms with Crippen LogP contribution in [0.5, 0.6) is 0 Å². The summed E-state index contributed by atoms with van der Waals surface area (Å²) in [6, 6.07) is 21.8. The van der Waals surface area contributed by atoms with Crippen LogP contribution in [0.4, 0.5) is 16.0 Å². The van der Waals surface area contributed by atoms with E-state index in [-0.39, 0.29) is 11.4 Å². The van der Waals surface area contributed by atoms with E-state index in [0.29, 0.717) is 34.5 Å². The first-order valence-electron chi connectivity index (χ1n) is 10.2. The molecule has 154 valence electrons. The van der Waals surface area contributed by atoms with Crippen LogP contribution in [0, 0.1) is 12.7 Å². The summed E-state index contributed by atoms with van der Waals surface area (Å²) in [5.74, 6) is 0.0521. The van der Waals surface area contributed by atoms with Crippen LogP contribution in [0.3, 0.4) is 0 Å². The van der Waals surface area contributed by atoms with Crippen molar-refractivity contribution in [1.29, 1.82) is 0 Å². The molecule has 2 aromatic heterocycles. The Kier molecular flexibility index (Phi) is 4.59. The molecule has 0 spiro atoms. The van der Waals surface area contributed by atoms with Gasteiger partial charge in [-0.1, -0.05) is 42.5 Å². The van der Waals surface area contributed by atoms with E-state index >= 15 is 0 Å². The number of fused-ring (bicyclic) bond motifs is 3. The molecule has 0 fully saturated rings. The number of pyridine rings is 1. The number of benzene rings is 3. The third-order valence-corrected chi connectivity index (χ3v) is 5.63. The molecule has 0 saturated heterocycles. The van der Waals surface area contributed by atoms with Crippen molar-refractivity contribution in [2.75, 3.05) is 5.32 Å². The van der Waals surface area contributed by atoms with Crippen molar-refractivity contribution in [3.63, 3.8) is 0 Å². The maximum Gasteiger partial charge on any atom is 0.262 e. The minimum atomic E-state index is -0.370. The molecular formula is C26H21FN2O2. The van der Waals surface area contributed by atoms with Gasteiger partial charge in [-0.2, -0.15) is 0 Å². The predicted octanol–water partition coefficient (Wildman–Crippen LogP) is 6.63. The van der Waals surface area contributed by atoms with E-state index in [0.717, 1.165) is 22.2 Å². The first kappa shape index (κ1) is 19.1. The van der Waals surface area contributed by atoms with E-state index in [4.69, 9.17) is 4.42 Å². The molecule has 0 aliphatic rings. The Labute approximate surface area is 178 Å². The zero-order valence-electron chi connectivity index (χ0n) is 17.3. The molecule has 0 saturated carbocycles. The Balaban J connectivity index is 1.91. The first-order valence-corrected chi connectivity index (χ1v) is 10.2. The fraction of sp³-hybridized carbons (Fsp3) is 0.115. The number of nitrogens with one attached hydrogen (secondary N) is 1. The van der Waals surface area contributed by atoms with Crippen molar-refractivity contribution in [2.45, 2.75) is 20.4 Å². The van der Waals surface area contributed by atoms with Crippen molar-refractivity contribution in [1.82, 2.24) is 4.57 Å². The largest absolute Gasteiger partial charge is 0.439 e. The average molecular weight is 412 g/mol. The molecule has 0 unspecified atom stereocenters. The standard InChI is InChI=1S/C26H21FN2O2/c1-3-29-21-14-7-5-12-19(21)24-23(26(29)30)22(17-10-8-11-18(27)15-17)25(31-24)28-20-13-6-4-9-16(20)2/h4-15,28H,3H2,1-2H3. The molecular weight excluding hydrogens is 391 g/mol. The molecule has 0 amide bonds.